The first-order valence-corrected chi connectivity index (χ1v) is 12.3. The third-order valence-corrected chi connectivity index (χ3v) is 6.11. The summed E-state index contributed by atoms with van der Waals surface area (Å²) in [6.07, 6.45) is 1.78. The SMILES string of the molecule is CCOc1cc(/C=N\NC(=O)Cc2ccc(Cl)cc2)cc(Br)c1OCc1cccc2ccccc12. The van der Waals surface area contributed by atoms with E-state index in [0.717, 1.165) is 26.5 Å². The summed E-state index contributed by atoms with van der Waals surface area (Å²) in [7, 11) is 0. The number of carbonyl (C=O) groups excluding carboxylic acids is 1. The van der Waals surface area contributed by atoms with Crippen molar-refractivity contribution in [1.29, 1.82) is 0 Å². The monoisotopic (exact) mass is 550 g/mol. The molecular weight excluding hydrogens is 528 g/mol. The summed E-state index contributed by atoms with van der Waals surface area (Å²) >= 11 is 9.48. The molecule has 0 bridgehead atoms. The molecule has 0 saturated heterocycles. The number of hydrogen-bond acceptors (Lipinski definition) is 4. The number of benzene rings is 4. The van der Waals surface area contributed by atoms with Gasteiger partial charge in [-0.1, -0.05) is 66.2 Å². The third kappa shape index (κ3) is 6.62. The minimum absolute atomic E-state index is 0.212. The lowest BCUT2D eigenvalue weighted by Gasteiger charge is -2.15. The van der Waals surface area contributed by atoms with Crippen LogP contribution in [0.2, 0.25) is 5.02 Å². The lowest BCUT2D eigenvalue weighted by atomic mass is 10.1. The van der Waals surface area contributed by atoms with Crippen molar-refractivity contribution in [3.05, 3.63) is 105 Å². The van der Waals surface area contributed by atoms with Crippen LogP contribution < -0.4 is 14.9 Å². The number of halogens is 2. The van der Waals surface area contributed by atoms with Crippen LogP contribution >= 0.6 is 27.5 Å². The smallest absolute Gasteiger partial charge is 0.244 e. The average Bonchev–Trinajstić information content (AvgIpc) is 2.85. The number of nitrogens with zero attached hydrogens (tertiary/aromatic N) is 1. The Labute approximate surface area is 217 Å². The molecule has 0 saturated carbocycles. The van der Waals surface area contributed by atoms with E-state index in [1.807, 2.05) is 49.4 Å². The first-order valence-electron chi connectivity index (χ1n) is 11.2. The maximum Gasteiger partial charge on any atom is 0.244 e. The minimum atomic E-state index is -0.220. The lowest BCUT2D eigenvalue weighted by Crippen LogP contribution is -2.19. The first-order chi connectivity index (χ1) is 17.0. The zero-order valence-electron chi connectivity index (χ0n) is 19.1. The van der Waals surface area contributed by atoms with Gasteiger partial charge in [0.25, 0.3) is 0 Å². The van der Waals surface area contributed by atoms with Gasteiger partial charge in [0.15, 0.2) is 11.5 Å². The van der Waals surface area contributed by atoms with E-state index in [1.54, 1.807) is 18.3 Å². The van der Waals surface area contributed by atoms with Gasteiger partial charge < -0.3 is 9.47 Å². The first kappa shape index (κ1) is 24.8. The Morgan fingerprint density at radius 3 is 2.60 bits per heavy atom. The maximum atomic E-state index is 12.2. The van der Waals surface area contributed by atoms with E-state index in [2.05, 4.69) is 50.7 Å². The van der Waals surface area contributed by atoms with Crippen molar-refractivity contribution in [2.45, 2.75) is 20.0 Å². The van der Waals surface area contributed by atoms with Crippen molar-refractivity contribution in [3.8, 4) is 11.5 Å². The largest absolute Gasteiger partial charge is 0.490 e. The molecule has 4 aromatic rings. The summed E-state index contributed by atoms with van der Waals surface area (Å²) in [5, 5.41) is 7.04. The standard InChI is InChI=1S/C28H24BrClN2O3/c1-2-34-26-15-20(17-31-32-27(33)16-19-10-12-23(30)13-11-19)14-25(29)28(26)35-18-22-8-5-7-21-6-3-4-9-24(21)22/h3-15,17H,2,16,18H2,1H3,(H,32,33)/b31-17-. The van der Waals surface area contributed by atoms with Gasteiger partial charge in [-0.3, -0.25) is 4.79 Å². The van der Waals surface area contributed by atoms with Crippen molar-refractivity contribution < 1.29 is 14.3 Å². The number of carbonyl (C=O) groups is 1. The van der Waals surface area contributed by atoms with E-state index in [-0.39, 0.29) is 12.3 Å². The van der Waals surface area contributed by atoms with Crippen LogP contribution in [0.1, 0.15) is 23.6 Å². The number of hydrogen-bond donors (Lipinski definition) is 1. The Morgan fingerprint density at radius 2 is 1.80 bits per heavy atom. The molecule has 0 aromatic heterocycles. The number of nitrogens with one attached hydrogen (secondary N) is 1. The predicted octanol–water partition coefficient (Wildman–Crippen LogP) is 6.93. The molecule has 0 radical (unpaired) electrons. The Kier molecular flexibility index (Phi) is 8.40. The van der Waals surface area contributed by atoms with E-state index in [4.69, 9.17) is 21.1 Å². The van der Waals surface area contributed by atoms with Gasteiger partial charge in [0.2, 0.25) is 5.91 Å². The number of amides is 1. The highest BCUT2D eigenvalue weighted by atomic mass is 79.9. The molecule has 4 rings (SSSR count). The van der Waals surface area contributed by atoms with E-state index in [9.17, 15) is 4.79 Å². The van der Waals surface area contributed by atoms with E-state index >= 15 is 0 Å². The van der Waals surface area contributed by atoms with E-state index in [0.29, 0.717) is 29.7 Å². The molecule has 7 heteroatoms. The number of fused-ring (bicyclic) bond motifs is 1. The average molecular weight is 552 g/mol. The minimum Gasteiger partial charge on any atom is -0.490 e. The highest BCUT2D eigenvalue weighted by Gasteiger charge is 2.13. The molecule has 0 spiro atoms. The fourth-order valence-electron chi connectivity index (χ4n) is 3.64. The third-order valence-electron chi connectivity index (χ3n) is 5.26. The molecule has 0 aliphatic heterocycles. The summed E-state index contributed by atoms with van der Waals surface area (Å²) in [5.74, 6) is 0.988. The van der Waals surface area contributed by atoms with Crippen LogP contribution in [-0.4, -0.2) is 18.7 Å². The van der Waals surface area contributed by atoms with Crippen LogP contribution in [0.5, 0.6) is 11.5 Å². The molecule has 0 fully saturated rings. The molecule has 1 amide bonds. The highest BCUT2D eigenvalue weighted by molar-refractivity contribution is 9.10. The number of rotatable bonds is 9. The van der Waals surface area contributed by atoms with Gasteiger partial charge in [-0.05, 0) is 74.6 Å². The number of hydrazone groups is 1. The van der Waals surface area contributed by atoms with Gasteiger partial charge in [-0.25, -0.2) is 5.43 Å². The fourth-order valence-corrected chi connectivity index (χ4v) is 4.34. The van der Waals surface area contributed by atoms with Gasteiger partial charge in [-0.15, -0.1) is 0 Å². The van der Waals surface area contributed by atoms with Crippen LogP contribution in [0.25, 0.3) is 10.8 Å². The Hall–Kier alpha value is -3.35. The van der Waals surface area contributed by atoms with Crippen molar-refractivity contribution in [2.24, 2.45) is 5.10 Å². The highest BCUT2D eigenvalue weighted by Crippen LogP contribution is 2.37. The summed E-state index contributed by atoms with van der Waals surface area (Å²) in [6.45, 7) is 2.80. The van der Waals surface area contributed by atoms with Crippen molar-refractivity contribution in [2.75, 3.05) is 6.61 Å². The summed E-state index contributed by atoms with van der Waals surface area (Å²) in [5.41, 5.74) is 5.25. The van der Waals surface area contributed by atoms with Crippen LogP contribution in [0.15, 0.2) is 88.4 Å². The van der Waals surface area contributed by atoms with Gasteiger partial charge in [0, 0.05) is 5.02 Å². The van der Waals surface area contributed by atoms with Gasteiger partial charge in [0.05, 0.1) is 23.7 Å². The fraction of sp³-hybridized carbons (Fsp3) is 0.143. The van der Waals surface area contributed by atoms with Crippen LogP contribution in [-0.2, 0) is 17.8 Å². The molecule has 0 atom stereocenters. The van der Waals surface area contributed by atoms with Gasteiger partial charge >= 0.3 is 0 Å². The van der Waals surface area contributed by atoms with Gasteiger partial charge in [0.1, 0.15) is 6.61 Å². The zero-order chi connectivity index (χ0) is 24.6. The molecule has 0 heterocycles. The van der Waals surface area contributed by atoms with Crippen LogP contribution in [0.3, 0.4) is 0 Å². The van der Waals surface area contributed by atoms with Gasteiger partial charge in [-0.2, -0.15) is 5.10 Å². The quantitative estimate of drug-likeness (QED) is 0.181. The molecule has 0 aliphatic rings. The second-order valence-corrected chi connectivity index (χ2v) is 9.08. The van der Waals surface area contributed by atoms with Crippen LogP contribution in [0.4, 0.5) is 0 Å². The van der Waals surface area contributed by atoms with Crippen molar-refractivity contribution in [1.82, 2.24) is 5.43 Å². The second-order valence-electron chi connectivity index (χ2n) is 7.79. The normalized spacial score (nSPS) is 11.1. The van der Waals surface area contributed by atoms with Crippen molar-refractivity contribution >= 4 is 50.4 Å². The Bertz CT molecular complexity index is 1350. The molecule has 1 N–H and O–H groups in total. The summed E-state index contributed by atoms with van der Waals surface area (Å²) in [6, 6.07) is 25.2. The van der Waals surface area contributed by atoms with Crippen LogP contribution in [0, 0.1) is 0 Å². The molecule has 5 nitrogen and oxygen atoms in total. The molecule has 0 unspecified atom stereocenters. The topological polar surface area (TPSA) is 59.9 Å². The molecule has 35 heavy (non-hydrogen) atoms. The van der Waals surface area contributed by atoms with Crippen molar-refractivity contribution in [3.63, 3.8) is 0 Å². The molecular formula is C28H24BrClN2O3. The molecule has 0 aliphatic carbocycles. The Balaban J connectivity index is 1.45. The lowest BCUT2D eigenvalue weighted by molar-refractivity contribution is -0.120. The second kappa shape index (κ2) is 11.9. The summed E-state index contributed by atoms with van der Waals surface area (Å²) in [4.78, 5) is 12.2. The van der Waals surface area contributed by atoms with E-state index in [1.165, 1.54) is 5.39 Å². The zero-order valence-corrected chi connectivity index (χ0v) is 21.5. The Morgan fingerprint density at radius 1 is 1.03 bits per heavy atom. The predicted molar refractivity (Wildman–Crippen MR) is 144 cm³/mol. The maximum absolute atomic E-state index is 12.2. The molecule has 4 aromatic carbocycles. The summed E-state index contributed by atoms with van der Waals surface area (Å²) < 4.78 is 12.8. The number of ether oxygens (including phenoxy) is 2. The molecule has 178 valence electrons. The van der Waals surface area contributed by atoms with E-state index < -0.39 is 0 Å².